The van der Waals surface area contributed by atoms with Gasteiger partial charge in [-0.15, -0.1) is 23.4 Å². The Kier molecular flexibility index (Phi) is 4.18. The van der Waals surface area contributed by atoms with Gasteiger partial charge >= 0.3 is 0 Å². The SMILES string of the molecule is Fc1cc(CCl)ccc1OCC1Cc2ccccc2S1. The monoisotopic (exact) mass is 308 g/mol. The van der Waals surface area contributed by atoms with Gasteiger partial charge in [-0.25, -0.2) is 4.39 Å². The van der Waals surface area contributed by atoms with E-state index in [4.69, 9.17) is 16.3 Å². The van der Waals surface area contributed by atoms with Crippen molar-refractivity contribution in [2.45, 2.75) is 22.4 Å². The Bertz CT molecular complexity index is 592. The van der Waals surface area contributed by atoms with Crippen molar-refractivity contribution in [1.29, 1.82) is 0 Å². The molecule has 1 atom stereocenters. The molecule has 1 aliphatic heterocycles. The lowest BCUT2D eigenvalue weighted by molar-refractivity contribution is 0.301. The summed E-state index contributed by atoms with van der Waals surface area (Å²) in [5.74, 6) is 0.268. The van der Waals surface area contributed by atoms with Crippen molar-refractivity contribution in [3.05, 3.63) is 59.4 Å². The molecular formula is C16H14ClFOS. The molecule has 1 heterocycles. The fourth-order valence-corrected chi connectivity index (χ4v) is 3.66. The van der Waals surface area contributed by atoms with Crippen molar-refractivity contribution in [1.82, 2.24) is 0 Å². The highest BCUT2D eigenvalue weighted by Gasteiger charge is 2.22. The number of hydrogen-bond donors (Lipinski definition) is 0. The first-order valence-electron chi connectivity index (χ1n) is 6.48. The molecule has 0 aromatic heterocycles. The number of hydrogen-bond acceptors (Lipinski definition) is 2. The van der Waals surface area contributed by atoms with Gasteiger partial charge in [0.05, 0.1) is 0 Å². The second-order valence-corrected chi connectivity index (χ2v) is 6.37. The van der Waals surface area contributed by atoms with E-state index in [1.54, 1.807) is 23.9 Å². The summed E-state index contributed by atoms with van der Waals surface area (Å²) in [6, 6.07) is 13.2. The molecule has 2 aromatic rings. The van der Waals surface area contributed by atoms with Gasteiger partial charge in [-0.3, -0.25) is 0 Å². The van der Waals surface area contributed by atoms with E-state index >= 15 is 0 Å². The Morgan fingerprint density at radius 1 is 1.25 bits per heavy atom. The zero-order valence-electron chi connectivity index (χ0n) is 10.8. The van der Waals surface area contributed by atoms with Gasteiger partial charge in [-0.2, -0.15) is 0 Å². The van der Waals surface area contributed by atoms with E-state index in [0.29, 0.717) is 23.5 Å². The van der Waals surface area contributed by atoms with Gasteiger partial charge in [-0.1, -0.05) is 24.3 Å². The Labute approximate surface area is 127 Å². The molecule has 0 radical (unpaired) electrons. The largest absolute Gasteiger partial charge is 0.489 e. The predicted molar refractivity (Wildman–Crippen MR) is 81.2 cm³/mol. The van der Waals surface area contributed by atoms with Crippen LogP contribution in [0.15, 0.2) is 47.4 Å². The smallest absolute Gasteiger partial charge is 0.165 e. The molecule has 0 amide bonds. The molecule has 20 heavy (non-hydrogen) atoms. The zero-order chi connectivity index (χ0) is 13.9. The molecule has 1 unspecified atom stereocenters. The summed E-state index contributed by atoms with van der Waals surface area (Å²) in [6.45, 7) is 0.510. The molecule has 0 spiro atoms. The average Bonchev–Trinajstić information content (AvgIpc) is 2.88. The standard InChI is InChI=1S/C16H14ClFOS/c17-9-11-5-6-15(14(18)7-11)19-10-13-8-12-3-1-2-4-16(12)20-13/h1-7,13H,8-10H2. The van der Waals surface area contributed by atoms with Gasteiger partial charge in [-0.05, 0) is 35.7 Å². The Hall–Kier alpha value is -1.19. The molecule has 3 rings (SSSR count). The first-order valence-corrected chi connectivity index (χ1v) is 7.89. The van der Waals surface area contributed by atoms with Gasteiger partial charge in [0.15, 0.2) is 11.6 Å². The van der Waals surface area contributed by atoms with Crippen LogP contribution in [0.4, 0.5) is 4.39 Å². The van der Waals surface area contributed by atoms with Crippen LogP contribution in [0, 0.1) is 5.82 Å². The fraction of sp³-hybridized carbons (Fsp3) is 0.250. The molecule has 0 N–H and O–H groups in total. The highest BCUT2D eigenvalue weighted by atomic mass is 35.5. The summed E-state index contributed by atoms with van der Waals surface area (Å²) >= 11 is 7.47. The van der Waals surface area contributed by atoms with Crippen molar-refractivity contribution in [3.63, 3.8) is 0 Å². The molecule has 0 fully saturated rings. The minimum Gasteiger partial charge on any atom is -0.489 e. The van der Waals surface area contributed by atoms with Crippen LogP contribution in [0.2, 0.25) is 0 Å². The Morgan fingerprint density at radius 3 is 2.85 bits per heavy atom. The Morgan fingerprint density at radius 2 is 2.10 bits per heavy atom. The van der Waals surface area contributed by atoms with Crippen LogP contribution in [0.25, 0.3) is 0 Å². The zero-order valence-corrected chi connectivity index (χ0v) is 12.4. The third kappa shape index (κ3) is 2.94. The second-order valence-electron chi connectivity index (χ2n) is 4.76. The first-order chi connectivity index (χ1) is 9.76. The van der Waals surface area contributed by atoms with Crippen molar-refractivity contribution >= 4 is 23.4 Å². The number of fused-ring (bicyclic) bond motifs is 1. The molecule has 0 saturated carbocycles. The van der Waals surface area contributed by atoms with Crippen LogP contribution < -0.4 is 4.74 Å². The molecule has 0 bridgehead atoms. The fourth-order valence-electron chi connectivity index (χ4n) is 2.27. The highest BCUT2D eigenvalue weighted by Crippen LogP contribution is 2.37. The van der Waals surface area contributed by atoms with Crippen molar-refractivity contribution < 1.29 is 9.13 Å². The lowest BCUT2D eigenvalue weighted by Gasteiger charge is -2.12. The first kappa shape index (κ1) is 13.8. The summed E-state index contributed by atoms with van der Waals surface area (Å²) in [7, 11) is 0. The van der Waals surface area contributed by atoms with Crippen LogP contribution in [0.3, 0.4) is 0 Å². The molecule has 1 nitrogen and oxygen atoms in total. The molecule has 4 heteroatoms. The molecule has 1 aliphatic rings. The van der Waals surface area contributed by atoms with Crippen molar-refractivity contribution in [3.8, 4) is 5.75 Å². The van der Waals surface area contributed by atoms with E-state index in [1.807, 2.05) is 12.1 Å². The number of benzene rings is 2. The number of ether oxygens (including phenoxy) is 1. The second kappa shape index (κ2) is 6.06. The molecular weight excluding hydrogens is 295 g/mol. The maximum absolute atomic E-state index is 13.8. The minimum atomic E-state index is -0.344. The van der Waals surface area contributed by atoms with E-state index in [0.717, 1.165) is 12.0 Å². The topological polar surface area (TPSA) is 9.23 Å². The van der Waals surface area contributed by atoms with E-state index in [9.17, 15) is 4.39 Å². The lowest BCUT2D eigenvalue weighted by Crippen LogP contribution is -2.14. The molecule has 2 aromatic carbocycles. The summed E-state index contributed by atoms with van der Waals surface area (Å²) in [5.41, 5.74) is 2.11. The number of thioether (sulfide) groups is 1. The third-order valence-electron chi connectivity index (χ3n) is 3.29. The van der Waals surface area contributed by atoms with Gasteiger partial charge < -0.3 is 4.74 Å². The average molecular weight is 309 g/mol. The number of halogens is 2. The van der Waals surface area contributed by atoms with Crippen LogP contribution >= 0.6 is 23.4 Å². The van der Waals surface area contributed by atoms with Crippen LogP contribution in [-0.4, -0.2) is 11.9 Å². The van der Waals surface area contributed by atoms with Crippen LogP contribution in [0.1, 0.15) is 11.1 Å². The number of alkyl halides is 1. The van der Waals surface area contributed by atoms with E-state index in [-0.39, 0.29) is 5.82 Å². The molecule has 104 valence electrons. The van der Waals surface area contributed by atoms with E-state index in [2.05, 4.69) is 12.1 Å². The maximum Gasteiger partial charge on any atom is 0.165 e. The van der Waals surface area contributed by atoms with Gasteiger partial charge in [0, 0.05) is 16.0 Å². The van der Waals surface area contributed by atoms with E-state index in [1.165, 1.54) is 16.5 Å². The van der Waals surface area contributed by atoms with Crippen LogP contribution in [-0.2, 0) is 12.3 Å². The summed E-state index contributed by atoms with van der Waals surface area (Å²) in [4.78, 5) is 1.30. The van der Waals surface area contributed by atoms with Crippen molar-refractivity contribution in [2.24, 2.45) is 0 Å². The van der Waals surface area contributed by atoms with Gasteiger partial charge in [0.25, 0.3) is 0 Å². The van der Waals surface area contributed by atoms with Crippen LogP contribution in [0.5, 0.6) is 5.75 Å². The Balaban J connectivity index is 1.61. The maximum atomic E-state index is 13.8. The van der Waals surface area contributed by atoms with Gasteiger partial charge in [0.1, 0.15) is 6.61 Å². The summed E-state index contributed by atoms with van der Waals surface area (Å²) in [5, 5.41) is 0.347. The molecule has 0 saturated heterocycles. The quantitative estimate of drug-likeness (QED) is 0.760. The normalized spacial score (nSPS) is 17.0. The summed E-state index contributed by atoms with van der Waals surface area (Å²) < 4.78 is 19.4. The van der Waals surface area contributed by atoms with Crippen molar-refractivity contribution in [2.75, 3.05) is 6.61 Å². The summed E-state index contributed by atoms with van der Waals surface area (Å²) in [6.07, 6.45) is 0.974. The van der Waals surface area contributed by atoms with E-state index < -0.39 is 0 Å². The lowest BCUT2D eigenvalue weighted by atomic mass is 10.1. The number of rotatable bonds is 4. The third-order valence-corrected chi connectivity index (χ3v) is 4.89. The predicted octanol–water partition coefficient (Wildman–Crippen LogP) is 4.66. The highest BCUT2D eigenvalue weighted by molar-refractivity contribution is 8.00. The van der Waals surface area contributed by atoms with Gasteiger partial charge in [0.2, 0.25) is 0 Å². The molecule has 0 aliphatic carbocycles. The minimum absolute atomic E-state index is 0.301.